The molecule has 10 heteroatoms. The van der Waals surface area contributed by atoms with Gasteiger partial charge >= 0.3 is 0 Å². The predicted octanol–water partition coefficient (Wildman–Crippen LogP) is 2.14. The first-order chi connectivity index (χ1) is 13.5. The number of benzene rings is 2. The Morgan fingerprint density at radius 2 is 1.93 bits per heavy atom. The predicted molar refractivity (Wildman–Crippen MR) is 102 cm³/mol. The number of rotatable bonds is 4. The summed E-state index contributed by atoms with van der Waals surface area (Å²) in [6, 6.07) is 10.6. The van der Waals surface area contributed by atoms with E-state index in [0.717, 1.165) is 5.56 Å². The first-order valence-electron chi connectivity index (χ1n) is 8.25. The summed E-state index contributed by atoms with van der Waals surface area (Å²) in [5.74, 6) is -0.591. The maximum Gasteiger partial charge on any atom is 0.261 e. The minimum absolute atomic E-state index is 0.122. The summed E-state index contributed by atoms with van der Waals surface area (Å²) in [5, 5.41) is 19.3. The maximum absolute atomic E-state index is 13.8. The molecule has 0 bridgehead atoms. The number of hydrogen-bond acceptors (Lipinski definition) is 6. The Hall–Kier alpha value is -4.08. The van der Waals surface area contributed by atoms with Crippen LogP contribution in [0.3, 0.4) is 0 Å². The summed E-state index contributed by atoms with van der Waals surface area (Å²) >= 11 is 0. The molecular weight excluding hydrogens is 365 g/mol. The Balaban J connectivity index is 1.63. The zero-order chi connectivity index (χ0) is 19.7. The highest BCUT2D eigenvalue weighted by molar-refractivity contribution is 6.06. The molecule has 28 heavy (non-hydrogen) atoms. The largest absolute Gasteiger partial charge is 0.386 e. The Bertz CT molecular complexity index is 1220. The average Bonchev–Trinajstić information content (AvgIpc) is 3.22. The molecule has 4 aromatic rings. The van der Waals surface area contributed by atoms with Gasteiger partial charge in [0.25, 0.3) is 11.5 Å². The molecule has 0 unspecified atom stereocenters. The molecule has 2 aromatic carbocycles. The third-order valence-electron chi connectivity index (χ3n) is 4.19. The number of H-pyrrole nitrogens is 2. The summed E-state index contributed by atoms with van der Waals surface area (Å²) in [6.07, 6.45) is 0. The molecule has 9 nitrogen and oxygen atoms in total. The average molecular weight is 379 g/mol. The topological polar surface area (TPSA) is 128 Å². The van der Waals surface area contributed by atoms with Crippen LogP contribution < -0.4 is 16.2 Å². The van der Waals surface area contributed by atoms with Crippen molar-refractivity contribution in [3.63, 3.8) is 0 Å². The number of carbonyl (C=O) groups is 1. The first kappa shape index (κ1) is 17.3. The Labute approximate surface area is 157 Å². The van der Waals surface area contributed by atoms with Gasteiger partial charge in [-0.2, -0.15) is 0 Å². The van der Waals surface area contributed by atoms with Gasteiger partial charge < -0.3 is 15.6 Å². The van der Waals surface area contributed by atoms with Gasteiger partial charge in [-0.3, -0.25) is 9.59 Å². The molecule has 0 aliphatic carbocycles. The number of nitrogens with one attached hydrogen (secondary N) is 4. The molecule has 4 N–H and O–H groups in total. The van der Waals surface area contributed by atoms with Crippen molar-refractivity contribution in [2.45, 2.75) is 0 Å². The fourth-order valence-electron chi connectivity index (χ4n) is 2.84. The molecule has 2 heterocycles. The van der Waals surface area contributed by atoms with Crippen LogP contribution in [0.1, 0.15) is 10.4 Å². The summed E-state index contributed by atoms with van der Waals surface area (Å²) in [7, 11) is 1.62. The lowest BCUT2D eigenvalue weighted by molar-refractivity contribution is 0.102. The molecule has 0 radical (unpaired) electrons. The van der Waals surface area contributed by atoms with E-state index in [1.807, 2.05) is 0 Å². The van der Waals surface area contributed by atoms with Crippen molar-refractivity contribution in [1.29, 1.82) is 0 Å². The summed E-state index contributed by atoms with van der Waals surface area (Å²) in [6.45, 7) is 0. The number of tetrazole rings is 1. The van der Waals surface area contributed by atoms with Crippen LogP contribution in [0.5, 0.6) is 0 Å². The van der Waals surface area contributed by atoms with Crippen LogP contribution in [-0.4, -0.2) is 38.6 Å². The smallest absolute Gasteiger partial charge is 0.261 e. The van der Waals surface area contributed by atoms with Crippen LogP contribution in [0.4, 0.5) is 15.8 Å². The van der Waals surface area contributed by atoms with E-state index in [0.29, 0.717) is 28.1 Å². The second kappa shape index (κ2) is 6.91. The van der Waals surface area contributed by atoms with Gasteiger partial charge in [0.05, 0.1) is 11.2 Å². The quantitative estimate of drug-likeness (QED) is 0.430. The normalized spacial score (nSPS) is 10.8. The van der Waals surface area contributed by atoms with Crippen LogP contribution in [0.25, 0.3) is 22.3 Å². The Kier molecular flexibility index (Phi) is 4.28. The molecule has 0 atom stereocenters. The minimum atomic E-state index is -0.604. The van der Waals surface area contributed by atoms with E-state index in [9.17, 15) is 14.0 Å². The second-order valence-electron chi connectivity index (χ2n) is 5.96. The molecular formula is C18H14FN7O2. The number of aromatic nitrogens is 5. The van der Waals surface area contributed by atoms with Crippen molar-refractivity contribution in [2.75, 3.05) is 17.7 Å². The third-order valence-corrected chi connectivity index (χ3v) is 4.19. The van der Waals surface area contributed by atoms with Crippen molar-refractivity contribution in [3.8, 4) is 11.4 Å². The molecule has 0 saturated heterocycles. The standard InChI is InChI=1S/C18H14FN7O2/c1-20-14-8-11(19)6-10-7-13(18(28)22-15(10)14)17(27)21-12-4-2-9(3-5-12)16-23-25-26-24-16/h2-8,20H,1H3,(H,21,27)(H,22,28)(H,23,24,25,26). The van der Waals surface area contributed by atoms with Crippen molar-refractivity contribution < 1.29 is 9.18 Å². The van der Waals surface area contributed by atoms with Crippen LogP contribution in [0.2, 0.25) is 0 Å². The maximum atomic E-state index is 13.8. The molecule has 0 saturated carbocycles. The summed E-state index contributed by atoms with van der Waals surface area (Å²) < 4.78 is 13.8. The van der Waals surface area contributed by atoms with E-state index in [4.69, 9.17) is 0 Å². The van der Waals surface area contributed by atoms with Crippen LogP contribution in [0, 0.1) is 5.82 Å². The zero-order valence-electron chi connectivity index (χ0n) is 14.6. The van der Waals surface area contributed by atoms with E-state index < -0.39 is 17.3 Å². The van der Waals surface area contributed by atoms with Gasteiger partial charge in [-0.25, -0.2) is 9.49 Å². The van der Waals surface area contributed by atoms with Crippen molar-refractivity contribution in [2.24, 2.45) is 0 Å². The highest BCUT2D eigenvalue weighted by Gasteiger charge is 2.14. The zero-order valence-corrected chi connectivity index (χ0v) is 14.6. The number of anilines is 2. The highest BCUT2D eigenvalue weighted by Crippen LogP contribution is 2.23. The number of fused-ring (bicyclic) bond motifs is 1. The molecule has 0 aliphatic rings. The summed E-state index contributed by atoms with van der Waals surface area (Å²) in [4.78, 5) is 27.5. The molecule has 2 aromatic heterocycles. The number of hydrogen-bond donors (Lipinski definition) is 4. The van der Waals surface area contributed by atoms with E-state index in [1.165, 1.54) is 18.2 Å². The lowest BCUT2D eigenvalue weighted by Gasteiger charge is -2.09. The van der Waals surface area contributed by atoms with Crippen molar-refractivity contribution in [3.05, 3.63) is 64.2 Å². The van der Waals surface area contributed by atoms with Crippen LogP contribution in [-0.2, 0) is 0 Å². The lowest BCUT2D eigenvalue weighted by atomic mass is 10.1. The monoisotopic (exact) mass is 379 g/mol. The van der Waals surface area contributed by atoms with Gasteiger partial charge in [0.1, 0.15) is 11.4 Å². The molecule has 4 rings (SSSR count). The van der Waals surface area contributed by atoms with E-state index in [-0.39, 0.29) is 5.56 Å². The first-order valence-corrected chi connectivity index (χ1v) is 8.25. The van der Waals surface area contributed by atoms with Gasteiger partial charge in [0.2, 0.25) is 0 Å². The third kappa shape index (κ3) is 3.18. The van der Waals surface area contributed by atoms with E-state index in [1.54, 1.807) is 31.3 Å². The van der Waals surface area contributed by atoms with Crippen molar-refractivity contribution in [1.82, 2.24) is 25.6 Å². The molecule has 1 amide bonds. The number of amides is 1. The van der Waals surface area contributed by atoms with E-state index >= 15 is 0 Å². The van der Waals surface area contributed by atoms with Gasteiger partial charge in [-0.05, 0) is 52.9 Å². The van der Waals surface area contributed by atoms with Crippen molar-refractivity contribution >= 4 is 28.2 Å². The molecule has 0 spiro atoms. The molecule has 0 aliphatic heterocycles. The second-order valence-corrected chi connectivity index (χ2v) is 5.96. The number of pyridine rings is 1. The van der Waals surface area contributed by atoms with Crippen LogP contribution in [0.15, 0.2) is 47.3 Å². The number of halogens is 1. The lowest BCUT2D eigenvalue weighted by Crippen LogP contribution is -2.23. The number of nitrogens with zero attached hydrogens (tertiary/aromatic N) is 3. The fraction of sp³-hybridized carbons (Fsp3) is 0.0556. The molecule has 0 fully saturated rings. The van der Waals surface area contributed by atoms with Gasteiger partial charge in [0, 0.05) is 23.7 Å². The fourth-order valence-corrected chi connectivity index (χ4v) is 2.84. The Morgan fingerprint density at radius 3 is 2.61 bits per heavy atom. The number of carbonyl (C=O) groups excluding carboxylic acids is 1. The highest BCUT2D eigenvalue weighted by atomic mass is 19.1. The molecule has 140 valence electrons. The Morgan fingerprint density at radius 1 is 1.14 bits per heavy atom. The van der Waals surface area contributed by atoms with Crippen LogP contribution >= 0.6 is 0 Å². The SMILES string of the molecule is CNc1cc(F)cc2cc(C(=O)Nc3ccc(-c4nnn[nH]4)cc3)c(=O)[nH]c12. The van der Waals surface area contributed by atoms with E-state index in [2.05, 4.69) is 36.2 Å². The van der Waals surface area contributed by atoms with Gasteiger partial charge in [-0.15, -0.1) is 5.10 Å². The minimum Gasteiger partial charge on any atom is -0.386 e. The summed E-state index contributed by atoms with van der Waals surface area (Å²) in [5.41, 5.74) is 1.38. The van der Waals surface area contributed by atoms with Gasteiger partial charge in [-0.1, -0.05) is 0 Å². The van der Waals surface area contributed by atoms with Gasteiger partial charge in [0.15, 0.2) is 5.82 Å². The number of aromatic amines is 2.